The molecule has 0 aliphatic carbocycles. The van der Waals surface area contributed by atoms with Crippen LogP contribution in [0.4, 0.5) is 5.69 Å². The normalized spacial score (nSPS) is 10.2. The van der Waals surface area contributed by atoms with Crippen molar-refractivity contribution in [1.29, 1.82) is 0 Å². The molecular weight excluding hydrogens is 392 g/mol. The van der Waals surface area contributed by atoms with Crippen LogP contribution in [0.25, 0.3) is 33.9 Å². The van der Waals surface area contributed by atoms with Crippen LogP contribution in [0.2, 0.25) is 0 Å². The quantitative estimate of drug-likeness (QED) is 0.416. The van der Waals surface area contributed by atoms with E-state index in [9.17, 15) is 0 Å². The fourth-order valence-electron chi connectivity index (χ4n) is 3.47. The van der Waals surface area contributed by atoms with E-state index in [4.69, 9.17) is 0 Å². The highest BCUT2D eigenvalue weighted by Crippen LogP contribution is 2.29. The highest BCUT2D eigenvalue weighted by molar-refractivity contribution is 5.77. The highest BCUT2D eigenvalue weighted by Gasteiger charge is 2.21. The fourth-order valence-corrected chi connectivity index (χ4v) is 3.47. The van der Waals surface area contributed by atoms with Crippen LogP contribution in [0.15, 0.2) is 116 Å². The molecule has 0 spiro atoms. The van der Waals surface area contributed by atoms with Crippen molar-refractivity contribution < 1.29 is 9.97 Å². The van der Waals surface area contributed by atoms with Crippen molar-refractivity contribution in [2.75, 3.05) is 19.0 Å². The Kier molecular flexibility index (Phi) is 6.73. The molecule has 0 aliphatic rings. The molecule has 0 unspecified atom stereocenters. The van der Waals surface area contributed by atoms with E-state index >= 15 is 0 Å². The first-order valence-electron chi connectivity index (χ1n) is 10.7. The van der Waals surface area contributed by atoms with E-state index in [1.54, 1.807) is 0 Å². The number of benzene rings is 3. The smallest absolute Gasteiger partial charge is 0.285 e. The molecule has 158 valence electrons. The largest absolute Gasteiger partial charge is 0.377 e. The SMILES string of the molecule is CN(C)c1cc[nH+]cc1.c1ccc(-c2[nH]c(-c3ccccc3)c(-c3ccccc3)[nH+]2)cc1. The summed E-state index contributed by atoms with van der Waals surface area (Å²) in [6.07, 6.45) is 3.82. The molecule has 0 aliphatic heterocycles. The van der Waals surface area contributed by atoms with E-state index in [1.165, 1.54) is 16.8 Å². The van der Waals surface area contributed by atoms with Gasteiger partial charge in [-0.05, 0) is 12.1 Å². The topological polar surface area (TPSA) is 47.3 Å². The molecule has 32 heavy (non-hydrogen) atoms. The monoisotopic (exact) mass is 420 g/mol. The van der Waals surface area contributed by atoms with Crippen LogP contribution < -0.4 is 14.9 Å². The summed E-state index contributed by atoms with van der Waals surface area (Å²) in [5.74, 6) is 1.02. The molecule has 5 rings (SSSR count). The van der Waals surface area contributed by atoms with Crippen molar-refractivity contribution in [2.24, 2.45) is 0 Å². The molecule has 0 amide bonds. The van der Waals surface area contributed by atoms with Crippen molar-refractivity contribution in [1.82, 2.24) is 4.98 Å². The van der Waals surface area contributed by atoms with Crippen LogP contribution in [0.5, 0.6) is 0 Å². The van der Waals surface area contributed by atoms with E-state index < -0.39 is 0 Å². The summed E-state index contributed by atoms with van der Waals surface area (Å²) in [6, 6.07) is 35.2. The lowest BCUT2D eigenvalue weighted by molar-refractivity contribution is -0.377. The summed E-state index contributed by atoms with van der Waals surface area (Å²) in [5, 5.41) is 0. The van der Waals surface area contributed by atoms with E-state index in [2.05, 4.69) is 80.5 Å². The minimum Gasteiger partial charge on any atom is -0.377 e. The second-order valence-corrected chi connectivity index (χ2v) is 7.63. The van der Waals surface area contributed by atoms with E-state index in [0.29, 0.717) is 0 Å². The van der Waals surface area contributed by atoms with Gasteiger partial charge in [-0.3, -0.25) is 0 Å². The van der Waals surface area contributed by atoms with Gasteiger partial charge in [0, 0.05) is 43.0 Å². The zero-order valence-corrected chi connectivity index (χ0v) is 18.4. The predicted octanol–water partition coefficient (Wildman–Crippen LogP) is 5.40. The van der Waals surface area contributed by atoms with Gasteiger partial charge in [-0.1, -0.05) is 78.9 Å². The third kappa shape index (κ3) is 5.10. The van der Waals surface area contributed by atoms with Gasteiger partial charge >= 0.3 is 0 Å². The molecule has 4 heteroatoms. The molecule has 4 nitrogen and oxygen atoms in total. The van der Waals surface area contributed by atoms with Crippen LogP contribution in [0.1, 0.15) is 0 Å². The Balaban J connectivity index is 0.000000230. The minimum absolute atomic E-state index is 1.02. The summed E-state index contributed by atoms with van der Waals surface area (Å²) in [5.41, 5.74) is 6.92. The average molecular weight is 421 g/mol. The number of pyridine rings is 1. The van der Waals surface area contributed by atoms with Crippen molar-refractivity contribution in [3.05, 3.63) is 116 Å². The van der Waals surface area contributed by atoms with E-state index in [0.717, 1.165) is 22.8 Å². The number of rotatable bonds is 4. The molecule has 0 radical (unpaired) electrons. The van der Waals surface area contributed by atoms with Crippen molar-refractivity contribution in [2.45, 2.75) is 0 Å². The Hall–Kier alpha value is -4.18. The second-order valence-electron chi connectivity index (χ2n) is 7.63. The van der Waals surface area contributed by atoms with E-state index in [1.807, 2.05) is 69.0 Å². The molecule has 2 aromatic heterocycles. The Morgan fingerprint density at radius 3 is 1.59 bits per heavy atom. The van der Waals surface area contributed by atoms with Gasteiger partial charge in [-0.2, -0.15) is 0 Å². The summed E-state index contributed by atoms with van der Waals surface area (Å²) in [6.45, 7) is 0. The molecule has 5 aromatic rings. The molecule has 0 fully saturated rings. The number of hydrogen-bond acceptors (Lipinski definition) is 1. The van der Waals surface area contributed by atoms with E-state index in [-0.39, 0.29) is 0 Å². The Morgan fingerprint density at radius 2 is 1.09 bits per heavy atom. The lowest BCUT2D eigenvalue weighted by Gasteiger charge is -2.08. The third-order valence-electron chi connectivity index (χ3n) is 5.15. The number of H-pyrrole nitrogens is 3. The fraction of sp³-hybridized carbons (Fsp3) is 0.0714. The van der Waals surface area contributed by atoms with Gasteiger partial charge in [0.2, 0.25) is 0 Å². The van der Waals surface area contributed by atoms with Crippen molar-refractivity contribution >= 4 is 5.69 Å². The summed E-state index contributed by atoms with van der Waals surface area (Å²) >= 11 is 0. The van der Waals surface area contributed by atoms with Crippen LogP contribution in [0.3, 0.4) is 0 Å². The number of nitrogens with one attached hydrogen (secondary N) is 3. The average Bonchev–Trinajstić information content (AvgIpc) is 3.32. The molecular formula is C28H28N4+2. The standard InChI is InChI=1S/C21H16N2.C7H10N2/c1-4-10-16(11-5-1)19-20(17-12-6-2-7-13-17)23-21(22-19)18-14-8-3-9-15-18;1-9(2)7-3-5-8-6-4-7/h1-15H,(H,22,23);3-6H,1-2H3/p+2. The molecule has 3 aromatic carbocycles. The molecule has 0 atom stereocenters. The molecule has 3 N–H and O–H groups in total. The van der Waals surface area contributed by atoms with Crippen LogP contribution >= 0.6 is 0 Å². The zero-order chi connectivity index (χ0) is 22.2. The molecule has 0 saturated heterocycles. The number of hydrogen-bond donors (Lipinski definition) is 1. The van der Waals surface area contributed by atoms with Crippen LogP contribution in [-0.2, 0) is 0 Å². The van der Waals surface area contributed by atoms with Crippen molar-refractivity contribution in [3.63, 3.8) is 0 Å². The lowest BCUT2D eigenvalue weighted by atomic mass is 10.1. The van der Waals surface area contributed by atoms with Gasteiger partial charge in [-0.15, -0.1) is 0 Å². The van der Waals surface area contributed by atoms with Gasteiger partial charge < -0.3 is 4.90 Å². The summed E-state index contributed by atoms with van der Waals surface area (Å²) in [4.78, 5) is 12.1. The van der Waals surface area contributed by atoms with Gasteiger partial charge in [0.25, 0.3) is 5.82 Å². The second kappa shape index (κ2) is 10.2. The predicted molar refractivity (Wildman–Crippen MR) is 131 cm³/mol. The van der Waals surface area contributed by atoms with Crippen LogP contribution in [-0.4, -0.2) is 19.1 Å². The minimum atomic E-state index is 1.02. The Labute approximate surface area is 189 Å². The van der Waals surface area contributed by atoms with Gasteiger partial charge in [-0.25, -0.2) is 15.0 Å². The van der Waals surface area contributed by atoms with Gasteiger partial charge in [0.05, 0.1) is 5.56 Å². The first-order valence-corrected chi connectivity index (χ1v) is 10.7. The molecule has 0 bridgehead atoms. The number of anilines is 1. The zero-order valence-electron chi connectivity index (χ0n) is 18.4. The Bertz CT molecular complexity index is 1160. The highest BCUT2D eigenvalue weighted by atomic mass is 15.1. The van der Waals surface area contributed by atoms with Crippen molar-refractivity contribution in [3.8, 4) is 33.9 Å². The maximum Gasteiger partial charge on any atom is 0.285 e. The summed E-state index contributed by atoms with van der Waals surface area (Å²) in [7, 11) is 4.05. The molecule has 0 saturated carbocycles. The number of aromatic nitrogens is 3. The number of aromatic amines is 3. The first kappa shape index (κ1) is 21.1. The number of imidazole rings is 1. The number of nitrogens with zero attached hydrogens (tertiary/aromatic N) is 1. The lowest BCUT2D eigenvalue weighted by Crippen LogP contribution is -2.10. The van der Waals surface area contributed by atoms with Gasteiger partial charge in [0.1, 0.15) is 0 Å². The first-order chi connectivity index (χ1) is 15.7. The van der Waals surface area contributed by atoms with Crippen LogP contribution in [0, 0.1) is 0 Å². The third-order valence-corrected chi connectivity index (χ3v) is 5.15. The molecule has 2 heterocycles. The maximum absolute atomic E-state index is 3.56. The summed E-state index contributed by atoms with van der Waals surface area (Å²) < 4.78 is 0. The van der Waals surface area contributed by atoms with Gasteiger partial charge in [0.15, 0.2) is 23.8 Å². The Morgan fingerprint density at radius 1 is 0.594 bits per heavy atom. The maximum atomic E-state index is 3.56.